The highest BCUT2D eigenvalue weighted by atomic mass is 35.5. The summed E-state index contributed by atoms with van der Waals surface area (Å²) in [5, 5.41) is 9.44. The van der Waals surface area contributed by atoms with E-state index in [0.717, 1.165) is 5.56 Å². The summed E-state index contributed by atoms with van der Waals surface area (Å²) in [5.74, 6) is -1.46. The molecule has 0 heterocycles. The second-order valence-corrected chi connectivity index (χ2v) is 6.58. The third kappa shape index (κ3) is 3.09. The number of benzene rings is 2. The second kappa shape index (κ2) is 6.63. The highest BCUT2D eigenvalue weighted by molar-refractivity contribution is 6.45. The SMILES string of the molecule is O=C(O)COc1cc2c(c(Cl)c1Cl)C(=O)C(c1ccc(Cl)cc1)C2. The van der Waals surface area contributed by atoms with Gasteiger partial charge in [-0.15, -0.1) is 0 Å². The van der Waals surface area contributed by atoms with Crippen molar-refractivity contribution in [2.24, 2.45) is 0 Å². The van der Waals surface area contributed by atoms with Crippen molar-refractivity contribution in [1.82, 2.24) is 0 Å². The van der Waals surface area contributed by atoms with Gasteiger partial charge in [0, 0.05) is 10.6 Å². The van der Waals surface area contributed by atoms with E-state index >= 15 is 0 Å². The molecule has 0 aromatic heterocycles. The summed E-state index contributed by atoms with van der Waals surface area (Å²) in [7, 11) is 0. The van der Waals surface area contributed by atoms with Crippen molar-refractivity contribution in [1.29, 1.82) is 0 Å². The summed E-state index contributed by atoms with van der Waals surface area (Å²) in [6.45, 7) is -0.538. The fraction of sp³-hybridized carbons (Fsp3) is 0.176. The van der Waals surface area contributed by atoms with E-state index in [0.29, 0.717) is 22.6 Å². The standard InChI is InChI=1S/C17H11Cl3O4/c18-10-3-1-8(2-4-10)11-5-9-6-12(24-7-13(21)22)15(19)16(20)14(9)17(11)23/h1-4,6,11H,5,7H2,(H,21,22). The van der Waals surface area contributed by atoms with Gasteiger partial charge in [0.15, 0.2) is 12.4 Å². The molecule has 0 fully saturated rings. The average molecular weight is 386 g/mol. The van der Waals surface area contributed by atoms with Crippen LogP contribution >= 0.6 is 34.8 Å². The molecule has 1 aliphatic rings. The van der Waals surface area contributed by atoms with Crippen LogP contribution in [0, 0.1) is 0 Å². The molecule has 0 saturated heterocycles. The molecule has 0 radical (unpaired) electrons. The van der Waals surface area contributed by atoms with Crippen LogP contribution in [0.2, 0.25) is 15.1 Å². The number of fused-ring (bicyclic) bond motifs is 1. The molecular formula is C17H11Cl3O4. The number of carboxylic acid groups (broad SMARTS) is 1. The molecule has 24 heavy (non-hydrogen) atoms. The number of rotatable bonds is 4. The van der Waals surface area contributed by atoms with Crippen LogP contribution in [0.4, 0.5) is 0 Å². The Bertz CT molecular complexity index is 831. The van der Waals surface area contributed by atoms with Crippen molar-refractivity contribution in [3.05, 3.63) is 62.1 Å². The number of carbonyl (C=O) groups is 2. The van der Waals surface area contributed by atoms with E-state index < -0.39 is 12.6 Å². The molecule has 0 spiro atoms. The maximum absolute atomic E-state index is 12.7. The first kappa shape index (κ1) is 17.1. The Kier molecular flexibility index (Phi) is 4.72. The zero-order chi connectivity index (χ0) is 17.4. The van der Waals surface area contributed by atoms with E-state index in [-0.39, 0.29) is 27.5 Å². The minimum atomic E-state index is -1.13. The lowest BCUT2D eigenvalue weighted by Gasteiger charge is -2.10. The van der Waals surface area contributed by atoms with Gasteiger partial charge in [0.2, 0.25) is 0 Å². The summed E-state index contributed by atoms with van der Waals surface area (Å²) < 4.78 is 5.15. The molecule has 1 unspecified atom stereocenters. The fourth-order valence-corrected chi connectivity index (χ4v) is 3.41. The molecule has 1 N–H and O–H groups in total. The van der Waals surface area contributed by atoms with Crippen molar-refractivity contribution in [2.45, 2.75) is 12.3 Å². The number of ether oxygens (including phenoxy) is 1. The predicted molar refractivity (Wildman–Crippen MR) is 91.8 cm³/mol. The third-order valence-corrected chi connectivity index (χ3v) is 4.97. The Balaban J connectivity index is 1.97. The van der Waals surface area contributed by atoms with Gasteiger partial charge < -0.3 is 9.84 Å². The highest BCUT2D eigenvalue weighted by Crippen LogP contribution is 2.44. The van der Waals surface area contributed by atoms with E-state index in [1.165, 1.54) is 0 Å². The number of Topliss-reactive ketones (excluding diaryl/α,β-unsaturated/α-hetero) is 1. The lowest BCUT2D eigenvalue weighted by molar-refractivity contribution is -0.139. The summed E-state index contributed by atoms with van der Waals surface area (Å²) in [6.07, 6.45) is 0.441. The first-order valence-electron chi connectivity index (χ1n) is 7.03. The van der Waals surface area contributed by atoms with Gasteiger partial charge in [-0.05, 0) is 35.7 Å². The summed E-state index contributed by atoms with van der Waals surface area (Å²) in [4.78, 5) is 23.4. The topological polar surface area (TPSA) is 63.6 Å². The largest absolute Gasteiger partial charge is 0.480 e. The van der Waals surface area contributed by atoms with Gasteiger partial charge in [0.25, 0.3) is 0 Å². The Morgan fingerprint density at radius 1 is 1.17 bits per heavy atom. The lowest BCUT2D eigenvalue weighted by Crippen LogP contribution is -2.10. The summed E-state index contributed by atoms with van der Waals surface area (Å²) in [6, 6.07) is 8.63. The number of carbonyl (C=O) groups excluding carboxylic acids is 1. The maximum Gasteiger partial charge on any atom is 0.341 e. The predicted octanol–water partition coefficient (Wildman–Crippen LogP) is 4.63. The molecule has 3 rings (SSSR count). The Hall–Kier alpha value is -1.75. The number of ketones is 1. The van der Waals surface area contributed by atoms with Crippen LogP contribution in [0.15, 0.2) is 30.3 Å². The normalized spacial score (nSPS) is 16.1. The van der Waals surface area contributed by atoms with E-state index in [2.05, 4.69) is 0 Å². The van der Waals surface area contributed by atoms with Gasteiger partial charge >= 0.3 is 5.97 Å². The molecule has 0 bridgehead atoms. The van der Waals surface area contributed by atoms with Crippen molar-refractivity contribution in [3.8, 4) is 5.75 Å². The van der Waals surface area contributed by atoms with Crippen LogP contribution in [-0.2, 0) is 11.2 Å². The van der Waals surface area contributed by atoms with Crippen LogP contribution in [0.5, 0.6) is 5.75 Å². The highest BCUT2D eigenvalue weighted by Gasteiger charge is 2.35. The van der Waals surface area contributed by atoms with Crippen LogP contribution in [-0.4, -0.2) is 23.5 Å². The molecular weight excluding hydrogens is 375 g/mol. The second-order valence-electron chi connectivity index (χ2n) is 5.39. The van der Waals surface area contributed by atoms with Crippen molar-refractivity contribution in [3.63, 3.8) is 0 Å². The zero-order valence-corrected chi connectivity index (χ0v) is 14.5. The number of hydrogen-bond acceptors (Lipinski definition) is 3. The Labute approximate surface area is 152 Å². The van der Waals surface area contributed by atoms with Crippen LogP contribution in [0.3, 0.4) is 0 Å². The van der Waals surface area contributed by atoms with Gasteiger partial charge in [-0.1, -0.05) is 46.9 Å². The minimum Gasteiger partial charge on any atom is -0.480 e. The van der Waals surface area contributed by atoms with E-state index in [9.17, 15) is 9.59 Å². The van der Waals surface area contributed by atoms with Crippen molar-refractivity contribution >= 4 is 46.6 Å². The van der Waals surface area contributed by atoms with Gasteiger partial charge in [0.05, 0.1) is 10.9 Å². The Morgan fingerprint density at radius 3 is 2.46 bits per heavy atom. The molecule has 124 valence electrons. The first-order chi connectivity index (χ1) is 11.4. The minimum absolute atomic E-state index is 0.0433. The monoisotopic (exact) mass is 384 g/mol. The van der Waals surface area contributed by atoms with Gasteiger partial charge in [-0.2, -0.15) is 0 Å². The number of halogens is 3. The van der Waals surface area contributed by atoms with E-state index in [1.54, 1.807) is 30.3 Å². The van der Waals surface area contributed by atoms with Gasteiger partial charge in [0.1, 0.15) is 10.8 Å². The molecule has 0 amide bonds. The molecule has 2 aromatic carbocycles. The van der Waals surface area contributed by atoms with Crippen molar-refractivity contribution in [2.75, 3.05) is 6.61 Å². The molecule has 1 atom stereocenters. The smallest absolute Gasteiger partial charge is 0.341 e. The number of carboxylic acids is 1. The molecule has 1 aliphatic carbocycles. The van der Waals surface area contributed by atoms with E-state index in [1.807, 2.05) is 0 Å². The van der Waals surface area contributed by atoms with E-state index in [4.69, 9.17) is 44.6 Å². The van der Waals surface area contributed by atoms with Gasteiger partial charge in [-0.3, -0.25) is 4.79 Å². The van der Waals surface area contributed by atoms with Crippen LogP contribution in [0.1, 0.15) is 27.4 Å². The van der Waals surface area contributed by atoms with Crippen LogP contribution in [0.25, 0.3) is 0 Å². The maximum atomic E-state index is 12.7. The summed E-state index contributed by atoms with van der Waals surface area (Å²) in [5.41, 5.74) is 1.89. The quantitative estimate of drug-likeness (QED) is 0.833. The lowest BCUT2D eigenvalue weighted by atomic mass is 9.95. The van der Waals surface area contributed by atoms with Crippen molar-refractivity contribution < 1.29 is 19.4 Å². The molecule has 7 heteroatoms. The molecule has 0 aliphatic heterocycles. The Morgan fingerprint density at radius 2 is 1.83 bits per heavy atom. The fourth-order valence-electron chi connectivity index (χ4n) is 2.78. The number of aliphatic carboxylic acids is 1. The zero-order valence-electron chi connectivity index (χ0n) is 12.2. The summed E-state index contributed by atoms with van der Waals surface area (Å²) >= 11 is 18.2. The van der Waals surface area contributed by atoms with Gasteiger partial charge in [-0.25, -0.2) is 4.79 Å². The third-order valence-electron chi connectivity index (χ3n) is 3.87. The molecule has 0 saturated carbocycles. The van der Waals surface area contributed by atoms with Crippen LogP contribution < -0.4 is 4.74 Å². The molecule has 2 aromatic rings. The number of hydrogen-bond donors (Lipinski definition) is 1. The first-order valence-corrected chi connectivity index (χ1v) is 8.17. The average Bonchev–Trinajstić information content (AvgIpc) is 2.87. The molecule has 4 nitrogen and oxygen atoms in total.